The van der Waals surface area contributed by atoms with Gasteiger partial charge in [0.15, 0.2) is 24.2 Å². The predicted octanol–water partition coefficient (Wildman–Crippen LogP) is 3.49. The summed E-state index contributed by atoms with van der Waals surface area (Å²) in [6.07, 6.45) is -0.357. The van der Waals surface area contributed by atoms with E-state index in [9.17, 15) is 14.0 Å². The SMILES string of the molecule is CC(OC(=O)COc1cccc2c1OC(C)(C)C2)C(=O)Nc1ccccc1F. The zero-order valence-corrected chi connectivity index (χ0v) is 16.0. The lowest BCUT2D eigenvalue weighted by Gasteiger charge is -2.18. The van der Waals surface area contributed by atoms with Gasteiger partial charge >= 0.3 is 5.97 Å². The number of halogens is 1. The van der Waals surface area contributed by atoms with Crippen molar-refractivity contribution >= 4 is 17.6 Å². The van der Waals surface area contributed by atoms with Crippen LogP contribution in [0.1, 0.15) is 26.3 Å². The maximum atomic E-state index is 13.6. The summed E-state index contributed by atoms with van der Waals surface area (Å²) in [6, 6.07) is 11.2. The maximum absolute atomic E-state index is 13.6. The van der Waals surface area contributed by atoms with Gasteiger partial charge in [0.2, 0.25) is 0 Å². The second-order valence-corrected chi connectivity index (χ2v) is 7.17. The molecular formula is C21H22FNO5. The summed E-state index contributed by atoms with van der Waals surface area (Å²) in [4.78, 5) is 24.1. The number of para-hydroxylation sites is 2. The molecule has 0 radical (unpaired) electrons. The van der Waals surface area contributed by atoms with Crippen LogP contribution < -0.4 is 14.8 Å². The second-order valence-electron chi connectivity index (χ2n) is 7.17. The van der Waals surface area contributed by atoms with E-state index in [-0.39, 0.29) is 17.9 Å². The monoisotopic (exact) mass is 387 g/mol. The molecule has 1 unspecified atom stereocenters. The Morgan fingerprint density at radius 2 is 1.96 bits per heavy atom. The molecule has 0 aliphatic carbocycles. The Bertz CT molecular complexity index is 896. The highest BCUT2D eigenvalue weighted by atomic mass is 19.1. The predicted molar refractivity (Wildman–Crippen MR) is 101 cm³/mol. The van der Waals surface area contributed by atoms with Gasteiger partial charge in [-0.2, -0.15) is 0 Å². The smallest absolute Gasteiger partial charge is 0.344 e. The Morgan fingerprint density at radius 3 is 2.71 bits per heavy atom. The minimum absolute atomic E-state index is 0.0197. The van der Waals surface area contributed by atoms with Gasteiger partial charge in [-0.1, -0.05) is 24.3 Å². The molecule has 3 rings (SSSR count). The third-order valence-electron chi connectivity index (χ3n) is 4.21. The fourth-order valence-corrected chi connectivity index (χ4v) is 2.92. The van der Waals surface area contributed by atoms with Gasteiger partial charge in [0.25, 0.3) is 5.91 Å². The number of ether oxygens (including phenoxy) is 3. The molecule has 1 aliphatic rings. The van der Waals surface area contributed by atoms with E-state index < -0.39 is 23.8 Å². The number of carbonyl (C=O) groups excluding carboxylic acids is 2. The average Bonchev–Trinajstić information content (AvgIpc) is 2.96. The van der Waals surface area contributed by atoms with Crippen LogP contribution in [-0.2, 0) is 20.7 Å². The summed E-state index contributed by atoms with van der Waals surface area (Å²) in [5.41, 5.74) is 0.696. The molecule has 0 saturated carbocycles. The van der Waals surface area contributed by atoms with E-state index in [1.165, 1.54) is 25.1 Å². The molecule has 2 aromatic rings. The van der Waals surface area contributed by atoms with Crippen LogP contribution in [0.3, 0.4) is 0 Å². The number of carbonyl (C=O) groups is 2. The summed E-state index contributed by atoms with van der Waals surface area (Å²) < 4.78 is 30.1. The van der Waals surface area contributed by atoms with Crippen LogP contribution in [0.4, 0.5) is 10.1 Å². The molecule has 0 spiro atoms. The molecule has 2 aromatic carbocycles. The lowest BCUT2D eigenvalue weighted by atomic mass is 10.0. The lowest BCUT2D eigenvalue weighted by Crippen LogP contribution is -2.32. The van der Waals surface area contributed by atoms with Crippen molar-refractivity contribution in [1.29, 1.82) is 0 Å². The highest BCUT2D eigenvalue weighted by molar-refractivity contribution is 5.95. The molecule has 0 bridgehead atoms. The molecule has 7 heteroatoms. The number of benzene rings is 2. The van der Waals surface area contributed by atoms with Crippen LogP contribution in [0.25, 0.3) is 0 Å². The molecule has 1 aliphatic heterocycles. The van der Waals surface area contributed by atoms with Crippen molar-refractivity contribution in [3.63, 3.8) is 0 Å². The van der Waals surface area contributed by atoms with Crippen molar-refractivity contribution in [2.24, 2.45) is 0 Å². The van der Waals surface area contributed by atoms with Crippen molar-refractivity contribution in [2.75, 3.05) is 11.9 Å². The summed E-state index contributed by atoms with van der Waals surface area (Å²) in [7, 11) is 0. The topological polar surface area (TPSA) is 73.9 Å². The quantitative estimate of drug-likeness (QED) is 0.768. The number of nitrogens with one attached hydrogen (secondary N) is 1. The van der Waals surface area contributed by atoms with E-state index in [1.54, 1.807) is 12.1 Å². The van der Waals surface area contributed by atoms with E-state index in [4.69, 9.17) is 14.2 Å². The van der Waals surface area contributed by atoms with Crippen molar-refractivity contribution < 1.29 is 28.2 Å². The highest BCUT2D eigenvalue weighted by Gasteiger charge is 2.32. The molecule has 1 N–H and O–H groups in total. The summed E-state index contributed by atoms with van der Waals surface area (Å²) >= 11 is 0. The Kier molecular flexibility index (Phi) is 5.53. The molecule has 1 amide bonds. The van der Waals surface area contributed by atoms with Crippen LogP contribution in [0.15, 0.2) is 42.5 Å². The fraction of sp³-hybridized carbons (Fsp3) is 0.333. The Balaban J connectivity index is 1.53. The first-order valence-corrected chi connectivity index (χ1v) is 8.94. The van der Waals surface area contributed by atoms with Crippen LogP contribution in [0.5, 0.6) is 11.5 Å². The number of anilines is 1. The summed E-state index contributed by atoms with van der Waals surface area (Å²) in [6.45, 7) is 4.97. The van der Waals surface area contributed by atoms with Gasteiger partial charge in [-0.15, -0.1) is 0 Å². The van der Waals surface area contributed by atoms with Gasteiger partial charge in [0, 0.05) is 12.0 Å². The number of hydrogen-bond donors (Lipinski definition) is 1. The molecular weight excluding hydrogens is 365 g/mol. The van der Waals surface area contributed by atoms with Gasteiger partial charge in [0.05, 0.1) is 5.69 Å². The van der Waals surface area contributed by atoms with Crippen LogP contribution in [-0.4, -0.2) is 30.2 Å². The van der Waals surface area contributed by atoms with Gasteiger partial charge in [-0.05, 0) is 39.0 Å². The first-order chi connectivity index (χ1) is 13.2. The standard InChI is InChI=1S/C21H22FNO5/c1-13(20(25)23-16-9-5-4-8-15(16)22)27-18(24)12-26-17-10-6-7-14-11-21(2,3)28-19(14)17/h4-10,13H,11-12H2,1-3H3,(H,23,25). The number of fused-ring (bicyclic) bond motifs is 1. The Hall–Kier alpha value is -3.09. The Labute approximate surface area is 162 Å². The van der Waals surface area contributed by atoms with Crippen molar-refractivity contribution in [1.82, 2.24) is 0 Å². The normalized spacial score (nSPS) is 15.1. The van der Waals surface area contributed by atoms with E-state index >= 15 is 0 Å². The zero-order valence-electron chi connectivity index (χ0n) is 16.0. The molecule has 148 valence electrons. The number of esters is 1. The summed E-state index contributed by atoms with van der Waals surface area (Å²) in [5.74, 6) is -0.858. The molecule has 0 fully saturated rings. The van der Waals surface area contributed by atoms with E-state index in [2.05, 4.69) is 5.32 Å². The zero-order chi connectivity index (χ0) is 20.3. The van der Waals surface area contributed by atoms with E-state index in [0.29, 0.717) is 11.5 Å². The average molecular weight is 387 g/mol. The third kappa shape index (κ3) is 4.60. The van der Waals surface area contributed by atoms with Gasteiger partial charge in [0.1, 0.15) is 11.4 Å². The number of hydrogen-bond acceptors (Lipinski definition) is 5. The van der Waals surface area contributed by atoms with Gasteiger partial charge in [-0.25, -0.2) is 9.18 Å². The van der Waals surface area contributed by atoms with Crippen LogP contribution in [0.2, 0.25) is 0 Å². The first-order valence-electron chi connectivity index (χ1n) is 8.94. The second kappa shape index (κ2) is 7.88. The van der Waals surface area contributed by atoms with Crippen LogP contribution >= 0.6 is 0 Å². The third-order valence-corrected chi connectivity index (χ3v) is 4.21. The number of amides is 1. The number of rotatable bonds is 6. The van der Waals surface area contributed by atoms with E-state index in [0.717, 1.165) is 12.0 Å². The lowest BCUT2D eigenvalue weighted by molar-refractivity contribution is -0.155. The largest absolute Gasteiger partial charge is 0.483 e. The first kappa shape index (κ1) is 19.7. The fourth-order valence-electron chi connectivity index (χ4n) is 2.92. The minimum Gasteiger partial charge on any atom is -0.483 e. The van der Waals surface area contributed by atoms with Crippen LogP contribution in [0, 0.1) is 5.82 Å². The molecule has 0 aromatic heterocycles. The van der Waals surface area contributed by atoms with Gasteiger partial charge < -0.3 is 19.5 Å². The van der Waals surface area contributed by atoms with Crippen molar-refractivity contribution in [3.8, 4) is 11.5 Å². The molecule has 1 atom stereocenters. The molecule has 6 nitrogen and oxygen atoms in total. The van der Waals surface area contributed by atoms with Crippen molar-refractivity contribution in [2.45, 2.75) is 38.9 Å². The Morgan fingerprint density at radius 1 is 1.21 bits per heavy atom. The summed E-state index contributed by atoms with van der Waals surface area (Å²) in [5, 5.41) is 2.38. The van der Waals surface area contributed by atoms with Crippen molar-refractivity contribution in [3.05, 3.63) is 53.8 Å². The molecule has 1 heterocycles. The maximum Gasteiger partial charge on any atom is 0.344 e. The van der Waals surface area contributed by atoms with Gasteiger partial charge in [-0.3, -0.25) is 4.79 Å². The van der Waals surface area contributed by atoms with E-state index in [1.807, 2.05) is 26.0 Å². The molecule has 0 saturated heterocycles. The highest BCUT2D eigenvalue weighted by Crippen LogP contribution is 2.41. The minimum atomic E-state index is -1.10. The molecule has 28 heavy (non-hydrogen) atoms.